The third kappa shape index (κ3) is 5.97. The molecule has 0 aliphatic heterocycles. The molecule has 0 saturated carbocycles. The number of nitrogens with zero attached hydrogens (tertiary/aromatic N) is 3. The van der Waals surface area contributed by atoms with Crippen molar-refractivity contribution < 1.29 is 4.79 Å². The minimum atomic E-state index is -0.319. The first-order valence-corrected chi connectivity index (χ1v) is 7.14. The van der Waals surface area contributed by atoms with Crippen molar-refractivity contribution in [3.05, 3.63) is 17.6 Å². The molecule has 0 radical (unpaired) electrons. The van der Waals surface area contributed by atoms with Crippen LogP contribution in [0.4, 0.5) is 5.82 Å². The Morgan fingerprint density at radius 3 is 2.75 bits per heavy atom. The number of anilines is 1. The van der Waals surface area contributed by atoms with Gasteiger partial charge in [0, 0.05) is 18.3 Å². The molecule has 0 fully saturated rings. The number of rotatable bonds is 9. The molecule has 1 aromatic heterocycles. The van der Waals surface area contributed by atoms with Crippen LogP contribution in [0.2, 0.25) is 0 Å². The second-order valence-electron chi connectivity index (χ2n) is 4.87. The fraction of sp³-hybridized carbons (Fsp3) is 0.643. The Morgan fingerprint density at radius 2 is 2.15 bits per heavy atom. The second kappa shape index (κ2) is 8.47. The van der Waals surface area contributed by atoms with Crippen LogP contribution in [0.25, 0.3) is 0 Å². The smallest absolute Gasteiger partial charge is 0.231 e. The first kappa shape index (κ1) is 16.4. The number of unbranched alkanes of at least 4 members (excludes halogenated alkanes) is 1. The number of carbonyl (C=O) groups is 1. The van der Waals surface area contributed by atoms with E-state index >= 15 is 0 Å². The lowest BCUT2D eigenvalue weighted by Crippen LogP contribution is -2.34. The van der Waals surface area contributed by atoms with E-state index < -0.39 is 0 Å². The molecular weight excluding hydrogens is 254 g/mol. The van der Waals surface area contributed by atoms with Gasteiger partial charge in [0.15, 0.2) is 0 Å². The van der Waals surface area contributed by atoms with E-state index in [4.69, 9.17) is 5.73 Å². The van der Waals surface area contributed by atoms with Crippen LogP contribution < -0.4 is 11.1 Å². The molecule has 0 atom stereocenters. The molecule has 1 heterocycles. The zero-order chi connectivity index (χ0) is 15.0. The van der Waals surface area contributed by atoms with Crippen molar-refractivity contribution in [2.45, 2.75) is 40.2 Å². The van der Waals surface area contributed by atoms with Gasteiger partial charge < -0.3 is 11.1 Å². The summed E-state index contributed by atoms with van der Waals surface area (Å²) in [6, 6.07) is 1.91. The van der Waals surface area contributed by atoms with Gasteiger partial charge in [0.25, 0.3) is 0 Å². The molecule has 0 spiro atoms. The summed E-state index contributed by atoms with van der Waals surface area (Å²) in [7, 11) is 0. The maximum Gasteiger partial charge on any atom is 0.231 e. The molecule has 0 unspecified atom stereocenters. The normalized spacial score (nSPS) is 10.8. The maximum atomic E-state index is 11.1. The van der Waals surface area contributed by atoms with Crippen LogP contribution in [0, 0.1) is 6.92 Å². The highest BCUT2D eigenvalue weighted by Gasteiger charge is 2.11. The van der Waals surface area contributed by atoms with Crippen LogP contribution in [0.15, 0.2) is 6.07 Å². The molecule has 6 nitrogen and oxygen atoms in total. The molecule has 1 aromatic rings. The summed E-state index contributed by atoms with van der Waals surface area (Å²) >= 11 is 0. The highest BCUT2D eigenvalue weighted by atomic mass is 16.1. The Bertz CT molecular complexity index is 436. The standard InChI is InChI=1S/C14H25N5O/c1-4-6-7-19(9-12(15)20)10-14-17-11(3)8-13(18-14)16-5-2/h8H,4-7,9-10H2,1-3H3,(H2,15,20)(H,16,17,18). The minimum Gasteiger partial charge on any atom is -0.370 e. The second-order valence-corrected chi connectivity index (χ2v) is 4.87. The van der Waals surface area contributed by atoms with Gasteiger partial charge in [0.2, 0.25) is 5.91 Å². The summed E-state index contributed by atoms with van der Waals surface area (Å²) in [5.41, 5.74) is 6.21. The number of hydrogen-bond donors (Lipinski definition) is 2. The Kier molecular flexibility index (Phi) is 6.93. The van der Waals surface area contributed by atoms with Gasteiger partial charge in [-0.3, -0.25) is 9.69 Å². The van der Waals surface area contributed by atoms with Gasteiger partial charge in [-0.15, -0.1) is 0 Å². The van der Waals surface area contributed by atoms with Gasteiger partial charge in [0.05, 0.1) is 13.1 Å². The highest BCUT2D eigenvalue weighted by molar-refractivity contribution is 5.75. The SMILES string of the molecule is CCCCN(CC(N)=O)Cc1nc(C)cc(NCC)n1. The zero-order valence-electron chi connectivity index (χ0n) is 12.6. The molecular formula is C14H25N5O. The molecule has 6 heteroatoms. The van der Waals surface area contributed by atoms with Crippen LogP contribution in [0.1, 0.15) is 38.2 Å². The number of nitrogens with two attached hydrogens (primary N) is 1. The number of carbonyl (C=O) groups excluding carboxylic acids is 1. The average molecular weight is 279 g/mol. The highest BCUT2D eigenvalue weighted by Crippen LogP contribution is 2.08. The van der Waals surface area contributed by atoms with E-state index in [-0.39, 0.29) is 12.5 Å². The number of hydrogen-bond acceptors (Lipinski definition) is 5. The molecule has 1 rings (SSSR count). The molecule has 112 valence electrons. The largest absolute Gasteiger partial charge is 0.370 e. The number of aromatic nitrogens is 2. The summed E-state index contributed by atoms with van der Waals surface area (Å²) in [4.78, 5) is 22.0. The molecule has 0 saturated heterocycles. The fourth-order valence-corrected chi connectivity index (χ4v) is 1.99. The van der Waals surface area contributed by atoms with Gasteiger partial charge in [-0.2, -0.15) is 0 Å². The van der Waals surface area contributed by atoms with Crippen molar-refractivity contribution in [1.29, 1.82) is 0 Å². The van der Waals surface area contributed by atoms with Crippen LogP contribution in [-0.2, 0) is 11.3 Å². The molecule has 0 aromatic carbocycles. The van der Waals surface area contributed by atoms with E-state index in [0.717, 1.165) is 43.3 Å². The molecule has 20 heavy (non-hydrogen) atoms. The Balaban J connectivity index is 2.77. The van der Waals surface area contributed by atoms with E-state index in [0.29, 0.717) is 6.54 Å². The number of aryl methyl sites for hydroxylation is 1. The van der Waals surface area contributed by atoms with Gasteiger partial charge >= 0.3 is 0 Å². The van der Waals surface area contributed by atoms with Crippen molar-refractivity contribution in [2.75, 3.05) is 25.0 Å². The lowest BCUT2D eigenvalue weighted by atomic mass is 10.3. The summed E-state index contributed by atoms with van der Waals surface area (Å²) in [6.07, 6.45) is 2.10. The number of nitrogens with one attached hydrogen (secondary N) is 1. The van der Waals surface area contributed by atoms with E-state index in [9.17, 15) is 4.79 Å². The van der Waals surface area contributed by atoms with Crippen LogP contribution >= 0.6 is 0 Å². The van der Waals surface area contributed by atoms with Crippen LogP contribution in [0.3, 0.4) is 0 Å². The molecule has 3 N–H and O–H groups in total. The predicted molar refractivity (Wildman–Crippen MR) is 80.3 cm³/mol. The first-order valence-electron chi connectivity index (χ1n) is 7.14. The van der Waals surface area contributed by atoms with Crippen molar-refractivity contribution in [1.82, 2.24) is 14.9 Å². The lowest BCUT2D eigenvalue weighted by molar-refractivity contribution is -0.119. The van der Waals surface area contributed by atoms with Gasteiger partial charge in [-0.1, -0.05) is 13.3 Å². The molecule has 0 aliphatic rings. The third-order valence-corrected chi connectivity index (χ3v) is 2.83. The molecule has 0 bridgehead atoms. The lowest BCUT2D eigenvalue weighted by Gasteiger charge is -2.20. The van der Waals surface area contributed by atoms with E-state index in [2.05, 4.69) is 22.2 Å². The summed E-state index contributed by atoms with van der Waals surface area (Å²) < 4.78 is 0. The van der Waals surface area contributed by atoms with E-state index in [1.165, 1.54) is 0 Å². The predicted octanol–water partition coefficient (Wildman–Crippen LogP) is 1.30. The zero-order valence-corrected chi connectivity index (χ0v) is 12.6. The van der Waals surface area contributed by atoms with Crippen molar-refractivity contribution >= 4 is 11.7 Å². The van der Waals surface area contributed by atoms with Crippen LogP contribution in [-0.4, -0.2) is 40.4 Å². The van der Waals surface area contributed by atoms with E-state index in [1.807, 2.05) is 24.8 Å². The van der Waals surface area contributed by atoms with Crippen molar-refractivity contribution in [3.63, 3.8) is 0 Å². The molecule has 1 amide bonds. The topological polar surface area (TPSA) is 84.1 Å². The Labute approximate surface area is 120 Å². The average Bonchev–Trinajstić information content (AvgIpc) is 2.35. The summed E-state index contributed by atoms with van der Waals surface area (Å²) in [5, 5.41) is 3.18. The number of primary amides is 1. The quantitative estimate of drug-likeness (QED) is 0.712. The first-order chi connectivity index (χ1) is 9.55. The summed E-state index contributed by atoms with van der Waals surface area (Å²) in [6.45, 7) is 8.52. The van der Waals surface area contributed by atoms with E-state index in [1.54, 1.807) is 0 Å². The van der Waals surface area contributed by atoms with Gasteiger partial charge in [0.1, 0.15) is 11.6 Å². The Hall–Kier alpha value is -1.69. The fourth-order valence-electron chi connectivity index (χ4n) is 1.99. The van der Waals surface area contributed by atoms with Crippen LogP contribution in [0.5, 0.6) is 0 Å². The van der Waals surface area contributed by atoms with Gasteiger partial charge in [-0.05, 0) is 26.8 Å². The molecule has 0 aliphatic carbocycles. The summed E-state index contributed by atoms with van der Waals surface area (Å²) in [5.74, 6) is 1.23. The maximum absolute atomic E-state index is 11.1. The van der Waals surface area contributed by atoms with Gasteiger partial charge in [-0.25, -0.2) is 9.97 Å². The number of amides is 1. The minimum absolute atomic E-state index is 0.244. The van der Waals surface area contributed by atoms with Crippen molar-refractivity contribution in [2.24, 2.45) is 5.73 Å². The Morgan fingerprint density at radius 1 is 1.40 bits per heavy atom. The monoisotopic (exact) mass is 279 g/mol. The van der Waals surface area contributed by atoms with Crippen molar-refractivity contribution in [3.8, 4) is 0 Å². The third-order valence-electron chi connectivity index (χ3n) is 2.83.